The highest BCUT2D eigenvalue weighted by Crippen LogP contribution is 2.30. The Labute approximate surface area is 182 Å². The van der Waals surface area contributed by atoms with Gasteiger partial charge < -0.3 is 10.6 Å². The molecule has 0 aliphatic heterocycles. The number of sulfonamides is 1. The summed E-state index contributed by atoms with van der Waals surface area (Å²) in [7, 11) is -3.89. The molecule has 0 saturated heterocycles. The standard InChI is InChI=1S/C21H29N3O4S2/c1-5-16(6-2)20(19-8-7-13-29-19)23-21(26)14(3)24-30(27,28)18-11-9-17(10-12-18)22-15(4)25/h7-14,16,20,24H,5-6H2,1-4H3,(H,22,25)(H,23,26)/t14-,20?/m0/s1. The predicted molar refractivity (Wildman–Crippen MR) is 120 cm³/mol. The van der Waals surface area contributed by atoms with Gasteiger partial charge in [-0.05, 0) is 48.6 Å². The highest BCUT2D eigenvalue weighted by atomic mass is 32.2. The third kappa shape index (κ3) is 6.38. The van der Waals surface area contributed by atoms with Crippen molar-refractivity contribution in [1.82, 2.24) is 10.0 Å². The fourth-order valence-electron chi connectivity index (χ4n) is 3.20. The van der Waals surface area contributed by atoms with Crippen LogP contribution in [0.4, 0.5) is 5.69 Å². The van der Waals surface area contributed by atoms with Crippen LogP contribution in [0.15, 0.2) is 46.7 Å². The maximum Gasteiger partial charge on any atom is 0.241 e. The first-order valence-electron chi connectivity index (χ1n) is 9.91. The average molecular weight is 452 g/mol. The third-order valence-electron chi connectivity index (χ3n) is 4.88. The molecule has 2 rings (SSSR count). The van der Waals surface area contributed by atoms with Crippen molar-refractivity contribution in [2.24, 2.45) is 5.92 Å². The Morgan fingerprint density at radius 1 is 1.07 bits per heavy atom. The van der Waals surface area contributed by atoms with E-state index in [1.807, 2.05) is 17.5 Å². The van der Waals surface area contributed by atoms with Gasteiger partial charge in [0.05, 0.1) is 17.0 Å². The largest absolute Gasteiger partial charge is 0.347 e. The van der Waals surface area contributed by atoms with E-state index < -0.39 is 16.1 Å². The van der Waals surface area contributed by atoms with Crippen molar-refractivity contribution in [3.05, 3.63) is 46.7 Å². The summed E-state index contributed by atoms with van der Waals surface area (Å²) in [5.41, 5.74) is 0.496. The highest BCUT2D eigenvalue weighted by molar-refractivity contribution is 7.89. The topological polar surface area (TPSA) is 104 Å². The molecule has 0 aliphatic carbocycles. The third-order valence-corrected chi connectivity index (χ3v) is 7.39. The number of hydrogen-bond donors (Lipinski definition) is 3. The van der Waals surface area contributed by atoms with Crippen molar-refractivity contribution in [2.45, 2.75) is 57.5 Å². The lowest BCUT2D eigenvalue weighted by molar-refractivity contribution is -0.123. The molecule has 9 heteroatoms. The van der Waals surface area contributed by atoms with Crippen LogP contribution in [-0.4, -0.2) is 26.3 Å². The van der Waals surface area contributed by atoms with Crippen LogP contribution in [0.1, 0.15) is 51.5 Å². The summed E-state index contributed by atoms with van der Waals surface area (Å²) in [4.78, 5) is 25.0. The van der Waals surface area contributed by atoms with Gasteiger partial charge in [-0.2, -0.15) is 4.72 Å². The molecule has 1 aromatic carbocycles. The molecule has 0 fully saturated rings. The van der Waals surface area contributed by atoms with Crippen LogP contribution >= 0.6 is 11.3 Å². The Hall–Kier alpha value is -2.23. The minimum absolute atomic E-state index is 0.0195. The smallest absolute Gasteiger partial charge is 0.241 e. The molecule has 2 aromatic rings. The van der Waals surface area contributed by atoms with Crippen LogP contribution in [0, 0.1) is 5.92 Å². The molecule has 0 spiro atoms. The first-order chi connectivity index (χ1) is 14.2. The summed E-state index contributed by atoms with van der Waals surface area (Å²) >= 11 is 1.58. The van der Waals surface area contributed by atoms with E-state index in [0.29, 0.717) is 5.69 Å². The number of rotatable bonds is 10. The molecule has 0 saturated carbocycles. The van der Waals surface area contributed by atoms with Gasteiger partial charge in [0.15, 0.2) is 0 Å². The summed E-state index contributed by atoms with van der Waals surface area (Å²) in [6, 6.07) is 8.60. The minimum atomic E-state index is -3.89. The lowest BCUT2D eigenvalue weighted by Crippen LogP contribution is -2.46. The summed E-state index contributed by atoms with van der Waals surface area (Å²) in [6.45, 7) is 7.06. The molecule has 0 radical (unpaired) electrons. The quantitative estimate of drug-likeness (QED) is 0.513. The summed E-state index contributed by atoms with van der Waals surface area (Å²) < 4.78 is 27.8. The Morgan fingerprint density at radius 3 is 2.20 bits per heavy atom. The molecular weight excluding hydrogens is 422 g/mol. The van der Waals surface area contributed by atoms with E-state index in [1.165, 1.54) is 38.1 Å². The zero-order valence-corrected chi connectivity index (χ0v) is 19.3. The molecule has 30 heavy (non-hydrogen) atoms. The van der Waals surface area contributed by atoms with Gasteiger partial charge in [-0.25, -0.2) is 8.42 Å². The molecule has 7 nitrogen and oxygen atoms in total. The Morgan fingerprint density at radius 2 is 1.70 bits per heavy atom. The molecule has 2 atom stereocenters. The van der Waals surface area contributed by atoms with Crippen LogP contribution in [0.5, 0.6) is 0 Å². The lowest BCUT2D eigenvalue weighted by atomic mass is 9.92. The van der Waals surface area contributed by atoms with Crippen molar-refractivity contribution in [2.75, 3.05) is 5.32 Å². The summed E-state index contributed by atoms with van der Waals surface area (Å²) in [5, 5.41) is 7.57. The van der Waals surface area contributed by atoms with Gasteiger partial charge in [-0.1, -0.05) is 32.8 Å². The average Bonchev–Trinajstić information content (AvgIpc) is 3.22. The Balaban J connectivity index is 2.10. The second-order valence-electron chi connectivity index (χ2n) is 7.13. The zero-order valence-electron chi connectivity index (χ0n) is 17.6. The van der Waals surface area contributed by atoms with E-state index in [4.69, 9.17) is 0 Å². The van der Waals surface area contributed by atoms with E-state index >= 15 is 0 Å². The van der Waals surface area contributed by atoms with Crippen molar-refractivity contribution in [3.8, 4) is 0 Å². The normalized spacial score (nSPS) is 13.6. The maximum atomic E-state index is 12.8. The number of carbonyl (C=O) groups excluding carboxylic acids is 2. The second-order valence-corrected chi connectivity index (χ2v) is 9.82. The monoisotopic (exact) mass is 451 g/mol. The van der Waals surface area contributed by atoms with Crippen LogP contribution < -0.4 is 15.4 Å². The number of hydrogen-bond acceptors (Lipinski definition) is 5. The van der Waals surface area contributed by atoms with E-state index in [0.717, 1.165) is 17.7 Å². The first kappa shape index (κ1) is 24.0. The van der Waals surface area contributed by atoms with Crippen LogP contribution in [-0.2, 0) is 19.6 Å². The van der Waals surface area contributed by atoms with Gasteiger partial charge in [0, 0.05) is 17.5 Å². The minimum Gasteiger partial charge on any atom is -0.347 e. The number of carbonyl (C=O) groups is 2. The molecule has 2 amide bonds. The Kier molecular flexibility index (Phi) is 8.57. The SMILES string of the molecule is CCC(CC)C(NC(=O)[C@H](C)NS(=O)(=O)c1ccc(NC(C)=O)cc1)c1cccs1. The van der Waals surface area contributed by atoms with Crippen molar-refractivity contribution in [3.63, 3.8) is 0 Å². The van der Waals surface area contributed by atoms with Gasteiger partial charge in [-0.15, -0.1) is 11.3 Å². The summed E-state index contributed by atoms with van der Waals surface area (Å²) in [6.07, 6.45) is 1.81. The van der Waals surface area contributed by atoms with Gasteiger partial charge in [0.25, 0.3) is 0 Å². The fraction of sp³-hybridized carbons (Fsp3) is 0.429. The summed E-state index contributed by atoms with van der Waals surface area (Å²) in [5.74, 6) is -0.358. The van der Waals surface area contributed by atoms with Crippen LogP contribution in [0.25, 0.3) is 0 Å². The van der Waals surface area contributed by atoms with Gasteiger partial charge >= 0.3 is 0 Å². The molecule has 1 heterocycles. The van der Waals surface area contributed by atoms with Gasteiger partial charge in [0.1, 0.15) is 0 Å². The van der Waals surface area contributed by atoms with Crippen LogP contribution in [0.2, 0.25) is 0 Å². The van der Waals surface area contributed by atoms with E-state index in [1.54, 1.807) is 11.3 Å². The second kappa shape index (κ2) is 10.7. The van der Waals surface area contributed by atoms with Crippen LogP contribution in [0.3, 0.4) is 0 Å². The van der Waals surface area contributed by atoms with Crippen molar-refractivity contribution >= 4 is 38.9 Å². The number of thiophene rings is 1. The van der Waals surface area contributed by atoms with Crippen molar-refractivity contribution in [1.29, 1.82) is 0 Å². The highest BCUT2D eigenvalue weighted by Gasteiger charge is 2.27. The van der Waals surface area contributed by atoms with E-state index in [9.17, 15) is 18.0 Å². The van der Waals surface area contributed by atoms with Gasteiger partial charge in [0.2, 0.25) is 21.8 Å². The number of amides is 2. The predicted octanol–water partition coefficient (Wildman–Crippen LogP) is 3.67. The molecule has 0 aliphatic rings. The van der Waals surface area contributed by atoms with Gasteiger partial charge in [-0.3, -0.25) is 9.59 Å². The number of anilines is 1. The molecule has 0 bridgehead atoms. The van der Waals surface area contributed by atoms with E-state index in [-0.39, 0.29) is 28.7 Å². The molecule has 164 valence electrons. The molecular formula is C21H29N3O4S2. The fourth-order valence-corrected chi connectivity index (χ4v) is 5.28. The first-order valence-corrected chi connectivity index (χ1v) is 12.3. The lowest BCUT2D eigenvalue weighted by Gasteiger charge is -2.27. The zero-order chi connectivity index (χ0) is 22.3. The van der Waals surface area contributed by atoms with Crippen molar-refractivity contribution < 1.29 is 18.0 Å². The van der Waals surface area contributed by atoms with E-state index in [2.05, 4.69) is 29.2 Å². The molecule has 3 N–H and O–H groups in total. The maximum absolute atomic E-state index is 12.8. The Bertz CT molecular complexity index is 937. The molecule has 1 aromatic heterocycles. The number of benzene rings is 1. The molecule has 1 unspecified atom stereocenters. The number of nitrogens with one attached hydrogen (secondary N) is 3.